The summed E-state index contributed by atoms with van der Waals surface area (Å²) in [6.07, 6.45) is 0.0710. The molecule has 1 aromatic carbocycles. The summed E-state index contributed by atoms with van der Waals surface area (Å²) in [5, 5.41) is 10.5. The summed E-state index contributed by atoms with van der Waals surface area (Å²) in [5.41, 5.74) is -0.714. The third-order valence-corrected chi connectivity index (χ3v) is 5.49. The SMILES string of the molecule is O=C(Cn1cc(C(F)(F)F)cc(Cl)c1=O)Nc1ccc(-c2nnc3n2CCCCC3)cc1. The normalized spacial score (nSPS) is 14.0. The summed E-state index contributed by atoms with van der Waals surface area (Å²) < 4.78 is 41.6. The molecule has 0 saturated carbocycles. The Balaban J connectivity index is 1.48. The van der Waals surface area contributed by atoms with Crippen LogP contribution in [0.25, 0.3) is 11.4 Å². The maximum atomic E-state index is 13.0. The van der Waals surface area contributed by atoms with Crippen molar-refractivity contribution in [2.45, 2.75) is 44.9 Å². The second kappa shape index (κ2) is 8.78. The molecule has 1 aliphatic rings. The van der Waals surface area contributed by atoms with Gasteiger partial charge in [-0.3, -0.25) is 9.59 Å². The van der Waals surface area contributed by atoms with E-state index in [1.807, 2.05) is 0 Å². The Bertz CT molecular complexity index is 1200. The van der Waals surface area contributed by atoms with Crippen LogP contribution < -0.4 is 10.9 Å². The average Bonchev–Trinajstić information content (AvgIpc) is 2.99. The van der Waals surface area contributed by atoms with Gasteiger partial charge in [-0.05, 0) is 43.2 Å². The molecule has 3 heterocycles. The molecule has 0 aliphatic carbocycles. The number of aryl methyl sites for hydroxylation is 1. The van der Waals surface area contributed by atoms with Gasteiger partial charge in [0.1, 0.15) is 17.4 Å². The van der Waals surface area contributed by atoms with Crippen molar-refractivity contribution >= 4 is 23.2 Å². The van der Waals surface area contributed by atoms with Gasteiger partial charge < -0.3 is 14.5 Å². The Morgan fingerprint density at radius 3 is 2.59 bits per heavy atom. The van der Waals surface area contributed by atoms with Crippen molar-refractivity contribution in [1.82, 2.24) is 19.3 Å². The third kappa shape index (κ3) is 4.69. The molecular formula is C21H19ClF3N5O2. The Kier molecular flexibility index (Phi) is 6.05. The lowest BCUT2D eigenvalue weighted by atomic mass is 10.2. The minimum atomic E-state index is -4.69. The van der Waals surface area contributed by atoms with Crippen LogP contribution in [0.4, 0.5) is 18.9 Å². The van der Waals surface area contributed by atoms with E-state index >= 15 is 0 Å². The van der Waals surface area contributed by atoms with Crippen LogP contribution in [-0.4, -0.2) is 25.2 Å². The lowest BCUT2D eigenvalue weighted by Crippen LogP contribution is -2.29. The lowest BCUT2D eigenvalue weighted by Gasteiger charge is -2.12. The first-order chi connectivity index (χ1) is 15.2. The molecule has 1 aliphatic heterocycles. The summed E-state index contributed by atoms with van der Waals surface area (Å²) in [7, 11) is 0. The van der Waals surface area contributed by atoms with E-state index in [0.717, 1.165) is 49.4 Å². The first kappa shape index (κ1) is 22.1. The number of alkyl halides is 3. The van der Waals surface area contributed by atoms with Crippen molar-refractivity contribution in [3.8, 4) is 11.4 Å². The molecule has 0 atom stereocenters. The van der Waals surface area contributed by atoms with Crippen LogP contribution in [0, 0.1) is 0 Å². The fraction of sp³-hybridized carbons (Fsp3) is 0.333. The van der Waals surface area contributed by atoms with E-state index in [9.17, 15) is 22.8 Å². The number of benzene rings is 1. The molecule has 7 nitrogen and oxygen atoms in total. The minimum absolute atomic E-state index is 0.431. The van der Waals surface area contributed by atoms with E-state index in [0.29, 0.717) is 22.5 Å². The summed E-state index contributed by atoms with van der Waals surface area (Å²) in [4.78, 5) is 24.4. The first-order valence-electron chi connectivity index (χ1n) is 10.0. The van der Waals surface area contributed by atoms with Crippen molar-refractivity contribution in [2.75, 3.05) is 5.32 Å². The number of amides is 1. The summed E-state index contributed by atoms with van der Waals surface area (Å²) in [6, 6.07) is 7.43. The van der Waals surface area contributed by atoms with Crippen molar-refractivity contribution < 1.29 is 18.0 Å². The molecule has 32 heavy (non-hydrogen) atoms. The molecule has 3 aromatic rings. The fourth-order valence-electron chi connectivity index (χ4n) is 3.63. The largest absolute Gasteiger partial charge is 0.417 e. The van der Waals surface area contributed by atoms with Gasteiger partial charge in [-0.15, -0.1) is 10.2 Å². The monoisotopic (exact) mass is 465 g/mol. The fourth-order valence-corrected chi connectivity index (χ4v) is 3.85. The van der Waals surface area contributed by atoms with Crippen LogP contribution in [0.1, 0.15) is 30.7 Å². The number of halogens is 4. The highest BCUT2D eigenvalue weighted by atomic mass is 35.5. The molecule has 0 spiro atoms. The van der Waals surface area contributed by atoms with E-state index in [1.165, 1.54) is 0 Å². The van der Waals surface area contributed by atoms with Crippen LogP contribution in [0.3, 0.4) is 0 Å². The topological polar surface area (TPSA) is 81.8 Å². The number of fused-ring (bicyclic) bond motifs is 1. The molecule has 0 bridgehead atoms. The van der Waals surface area contributed by atoms with Gasteiger partial charge in [-0.1, -0.05) is 18.0 Å². The summed E-state index contributed by atoms with van der Waals surface area (Å²) in [5.74, 6) is 1.05. The molecule has 0 saturated heterocycles. The molecule has 168 valence electrons. The maximum Gasteiger partial charge on any atom is 0.417 e. The number of nitrogens with one attached hydrogen (secondary N) is 1. The molecule has 1 N–H and O–H groups in total. The number of anilines is 1. The predicted octanol–water partition coefficient (Wildman–Crippen LogP) is 4.14. The van der Waals surface area contributed by atoms with E-state index in [2.05, 4.69) is 20.1 Å². The first-order valence-corrected chi connectivity index (χ1v) is 10.4. The summed E-state index contributed by atoms with van der Waals surface area (Å²) in [6.45, 7) is 0.242. The number of carbonyl (C=O) groups is 1. The van der Waals surface area contributed by atoms with Crippen molar-refractivity contribution in [2.24, 2.45) is 0 Å². The Hall–Kier alpha value is -3.14. The predicted molar refractivity (Wildman–Crippen MR) is 112 cm³/mol. The van der Waals surface area contributed by atoms with E-state index in [1.54, 1.807) is 24.3 Å². The molecule has 0 radical (unpaired) electrons. The van der Waals surface area contributed by atoms with Crippen molar-refractivity contribution in [3.63, 3.8) is 0 Å². The average molecular weight is 466 g/mol. The molecule has 2 aromatic heterocycles. The standard InChI is InChI=1S/C21H19ClF3N5O2/c22-16-10-14(21(23,24)25)11-29(20(16)32)12-18(31)26-15-7-5-13(6-8-15)19-28-27-17-4-2-1-3-9-30(17)19/h5-8,10-11H,1-4,9,12H2,(H,26,31). The van der Waals surface area contributed by atoms with Gasteiger partial charge in [0.2, 0.25) is 5.91 Å². The number of carbonyl (C=O) groups excluding carboxylic acids is 1. The zero-order chi connectivity index (χ0) is 22.9. The van der Waals surface area contributed by atoms with E-state index in [4.69, 9.17) is 11.6 Å². The van der Waals surface area contributed by atoms with Gasteiger partial charge in [0.05, 0.1) is 5.56 Å². The van der Waals surface area contributed by atoms with E-state index < -0.39 is 34.8 Å². The van der Waals surface area contributed by atoms with E-state index in [-0.39, 0.29) is 0 Å². The Morgan fingerprint density at radius 2 is 1.88 bits per heavy atom. The highest BCUT2D eigenvalue weighted by Gasteiger charge is 2.32. The van der Waals surface area contributed by atoms with Crippen LogP contribution in [0.15, 0.2) is 41.3 Å². The molecule has 11 heteroatoms. The third-order valence-electron chi connectivity index (χ3n) is 5.22. The van der Waals surface area contributed by atoms with Gasteiger partial charge in [0.25, 0.3) is 5.56 Å². The quantitative estimate of drug-likeness (QED) is 0.627. The van der Waals surface area contributed by atoms with Gasteiger partial charge in [0.15, 0.2) is 5.82 Å². The minimum Gasteiger partial charge on any atom is -0.325 e. The molecule has 4 rings (SSSR count). The highest BCUT2D eigenvalue weighted by molar-refractivity contribution is 6.30. The number of nitrogens with zero attached hydrogens (tertiary/aromatic N) is 4. The second-order valence-electron chi connectivity index (χ2n) is 7.54. The van der Waals surface area contributed by atoms with Crippen molar-refractivity contribution in [1.29, 1.82) is 0 Å². The maximum absolute atomic E-state index is 13.0. The smallest absolute Gasteiger partial charge is 0.325 e. The molecule has 0 unspecified atom stereocenters. The van der Waals surface area contributed by atoms with Crippen LogP contribution in [-0.2, 0) is 30.5 Å². The van der Waals surface area contributed by atoms with Crippen LogP contribution >= 0.6 is 11.6 Å². The number of pyridine rings is 1. The van der Waals surface area contributed by atoms with Crippen LogP contribution in [0.5, 0.6) is 0 Å². The Labute approximate surface area is 185 Å². The van der Waals surface area contributed by atoms with Gasteiger partial charge >= 0.3 is 6.18 Å². The van der Waals surface area contributed by atoms with Gasteiger partial charge in [0, 0.05) is 30.4 Å². The Morgan fingerprint density at radius 1 is 1.12 bits per heavy atom. The second-order valence-corrected chi connectivity index (χ2v) is 7.94. The number of rotatable bonds is 4. The molecule has 0 fully saturated rings. The number of aromatic nitrogens is 4. The van der Waals surface area contributed by atoms with Crippen LogP contribution in [0.2, 0.25) is 5.02 Å². The van der Waals surface area contributed by atoms with Gasteiger partial charge in [-0.25, -0.2) is 0 Å². The molecular weight excluding hydrogens is 447 g/mol. The lowest BCUT2D eigenvalue weighted by molar-refractivity contribution is -0.138. The van der Waals surface area contributed by atoms with Gasteiger partial charge in [-0.2, -0.15) is 13.2 Å². The number of hydrogen-bond acceptors (Lipinski definition) is 4. The highest BCUT2D eigenvalue weighted by Crippen LogP contribution is 2.29. The molecule has 1 amide bonds. The zero-order valence-electron chi connectivity index (χ0n) is 16.8. The zero-order valence-corrected chi connectivity index (χ0v) is 17.6. The summed E-state index contributed by atoms with van der Waals surface area (Å²) >= 11 is 5.62. The van der Waals surface area contributed by atoms with Crippen molar-refractivity contribution in [3.05, 3.63) is 63.3 Å². The number of hydrogen-bond donors (Lipinski definition) is 1.